The quantitative estimate of drug-likeness (QED) is 0.682. The van der Waals surface area contributed by atoms with Gasteiger partial charge in [-0.1, -0.05) is 30.3 Å². The van der Waals surface area contributed by atoms with Gasteiger partial charge in [-0.3, -0.25) is 4.79 Å². The van der Waals surface area contributed by atoms with Gasteiger partial charge in [-0.15, -0.1) is 0 Å². The number of hydrogen-bond acceptors (Lipinski definition) is 6. The van der Waals surface area contributed by atoms with E-state index in [4.69, 9.17) is 4.74 Å². The Bertz CT molecular complexity index is 893. The molecule has 1 aliphatic rings. The molecule has 4 rings (SSSR count). The summed E-state index contributed by atoms with van der Waals surface area (Å²) in [6, 6.07) is 12.0. The van der Waals surface area contributed by atoms with Crippen molar-refractivity contribution in [1.29, 1.82) is 0 Å². The van der Waals surface area contributed by atoms with Gasteiger partial charge < -0.3 is 9.64 Å². The van der Waals surface area contributed by atoms with Crippen LogP contribution in [0.3, 0.4) is 0 Å². The van der Waals surface area contributed by atoms with E-state index in [2.05, 4.69) is 20.0 Å². The zero-order valence-electron chi connectivity index (χ0n) is 14.0. The van der Waals surface area contributed by atoms with Crippen molar-refractivity contribution in [2.45, 2.75) is 12.8 Å². The van der Waals surface area contributed by atoms with Gasteiger partial charge in [0.25, 0.3) is 5.78 Å². The molecular weight excluding hydrogens is 318 g/mol. The van der Waals surface area contributed by atoms with Gasteiger partial charge in [-0.2, -0.15) is 14.6 Å². The molecule has 0 amide bonds. The molecule has 0 aliphatic carbocycles. The first-order chi connectivity index (χ1) is 12.3. The minimum absolute atomic E-state index is 0.120. The van der Waals surface area contributed by atoms with Gasteiger partial charge in [0.1, 0.15) is 12.1 Å². The predicted octanol–water partition coefficient (Wildman–Crippen LogP) is 2.18. The van der Waals surface area contributed by atoms with Crippen molar-refractivity contribution in [1.82, 2.24) is 19.6 Å². The predicted molar refractivity (Wildman–Crippen MR) is 93.2 cm³/mol. The third-order valence-corrected chi connectivity index (χ3v) is 4.58. The number of esters is 1. The first kappa shape index (κ1) is 15.6. The van der Waals surface area contributed by atoms with Gasteiger partial charge in [-0.05, 0) is 12.8 Å². The number of carbonyl (C=O) groups is 1. The van der Waals surface area contributed by atoms with Crippen LogP contribution >= 0.6 is 0 Å². The molecule has 1 saturated heterocycles. The Kier molecular flexibility index (Phi) is 4.05. The SMILES string of the molecule is COC(=O)[C@H]1CCCN(c2cc(-c3ccccc3)nc3ncnn23)C1. The minimum Gasteiger partial charge on any atom is -0.469 e. The number of benzene rings is 1. The third-order valence-electron chi connectivity index (χ3n) is 4.58. The van der Waals surface area contributed by atoms with Gasteiger partial charge in [0.05, 0.1) is 18.7 Å². The van der Waals surface area contributed by atoms with Crippen LogP contribution in [0.15, 0.2) is 42.7 Å². The Morgan fingerprint density at radius 1 is 1.28 bits per heavy atom. The van der Waals surface area contributed by atoms with E-state index in [0.29, 0.717) is 12.3 Å². The topological polar surface area (TPSA) is 72.6 Å². The van der Waals surface area contributed by atoms with Crippen LogP contribution in [-0.4, -0.2) is 45.8 Å². The smallest absolute Gasteiger partial charge is 0.310 e. The monoisotopic (exact) mass is 337 g/mol. The van der Waals surface area contributed by atoms with Crippen molar-refractivity contribution < 1.29 is 9.53 Å². The van der Waals surface area contributed by atoms with E-state index in [1.165, 1.54) is 13.4 Å². The molecule has 0 spiro atoms. The van der Waals surface area contributed by atoms with Crippen LogP contribution in [0.25, 0.3) is 17.0 Å². The number of ether oxygens (including phenoxy) is 1. The summed E-state index contributed by atoms with van der Waals surface area (Å²) in [5.74, 6) is 1.18. The Hall–Kier alpha value is -2.96. The van der Waals surface area contributed by atoms with Crippen LogP contribution in [0.5, 0.6) is 0 Å². The first-order valence-electron chi connectivity index (χ1n) is 8.35. The molecule has 2 aromatic heterocycles. The van der Waals surface area contributed by atoms with Crippen LogP contribution in [0.4, 0.5) is 5.82 Å². The molecule has 0 bridgehead atoms. The molecule has 1 fully saturated rings. The van der Waals surface area contributed by atoms with Crippen LogP contribution < -0.4 is 4.90 Å². The second-order valence-electron chi connectivity index (χ2n) is 6.15. The van der Waals surface area contributed by atoms with Crippen molar-refractivity contribution in [3.8, 4) is 11.3 Å². The highest BCUT2D eigenvalue weighted by Crippen LogP contribution is 2.27. The molecule has 25 heavy (non-hydrogen) atoms. The molecule has 128 valence electrons. The van der Waals surface area contributed by atoms with E-state index in [1.807, 2.05) is 36.4 Å². The maximum atomic E-state index is 11.9. The summed E-state index contributed by atoms with van der Waals surface area (Å²) in [5, 5.41) is 4.30. The Balaban J connectivity index is 1.75. The maximum Gasteiger partial charge on any atom is 0.310 e. The summed E-state index contributed by atoms with van der Waals surface area (Å²) in [5.41, 5.74) is 1.87. The summed E-state index contributed by atoms with van der Waals surface area (Å²) in [6.07, 6.45) is 3.28. The first-order valence-corrected chi connectivity index (χ1v) is 8.35. The highest BCUT2D eigenvalue weighted by Gasteiger charge is 2.28. The van der Waals surface area contributed by atoms with Gasteiger partial charge in [0.2, 0.25) is 0 Å². The van der Waals surface area contributed by atoms with E-state index in [0.717, 1.165) is 36.5 Å². The zero-order valence-corrected chi connectivity index (χ0v) is 14.0. The van der Waals surface area contributed by atoms with Crippen molar-refractivity contribution in [2.24, 2.45) is 5.92 Å². The molecule has 0 N–H and O–H groups in total. The minimum atomic E-state index is -0.156. The molecule has 0 saturated carbocycles. The van der Waals surface area contributed by atoms with Crippen LogP contribution in [0.1, 0.15) is 12.8 Å². The molecule has 1 aliphatic heterocycles. The van der Waals surface area contributed by atoms with Crippen molar-refractivity contribution in [2.75, 3.05) is 25.1 Å². The van der Waals surface area contributed by atoms with Crippen molar-refractivity contribution >= 4 is 17.6 Å². The van der Waals surface area contributed by atoms with Gasteiger partial charge in [0.15, 0.2) is 0 Å². The number of hydrogen-bond donors (Lipinski definition) is 0. The molecular formula is C18H19N5O2. The number of nitrogens with zero attached hydrogens (tertiary/aromatic N) is 5. The highest BCUT2D eigenvalue weighted by molar-refractivity contribution is 5.74. The molecule has 3 heterocycles. The lowest BCUT2D eigenvalue weighted by Crippen LogP contribution is -2.40. The molecule has 7 nitrogen and oxygen atoms in total. The lowest BCUT2D eigenvalue weighted by atomic mass is 9.98. The Labute approximate surface area is 145 Å². The average molecular weight is 337 g/mol. The molecule has 1 aromatic carbocycles. The van der Waals surface area contributed by atoms with Crippen molar-refractivity contribution in [3.63, 3.8) is 0 Å². The molecule has 0 radical (unpaired) electrons. The normalized spacial score (nSPS) is 17.6. The third kappa shape index (κ3) is 2.93. The summed E-state index contributed by atoms with van der Waals surface area (Å²) in [4.78, 5) is 23.0. The lowest BCUT2D eigenvalue weighted by Gasteiger charge is -2.33. The standard InChI is InChI=1S/C18H19N5O2/c1-25-17(24)14-8-5-9-22(11-14)16-10-15(13-6-3-2-4-7-13)21-18-19-12-20-23(16)18/h2-4,6-7,10,12,14H,5,8-9,11H2,1H3/t14-/m0/s1. The largest absolute Gasteiger partial charge is 0.469 e. The van der Waals surface area contributed by atoms with Crippen molar-refractivity contribution in [3.05, 3.63) is 42.7 Å². The summed E-state index contributed by atoms with van der Waals surface area (Å²) >= 11 is 0. The van der Waals surface area contributed by atoms with Crippen LogP contribution in [0.2, 0.25) is 0 Å². The number of aromatic nitrogens is 4. The average Bonchev–Trinajstić information content (AvgIpc) is 3.16. The maximum absolute atomic E-state index is 11.9. The fourth-order valence-electron chi connectivity index (χ4n) is 3.32. The van der Waals surface area contributed by atoms with E-state index in [9.17, 15) is 4.79 Å². The number of fused-ring (bicyclic) bond motifs is 1. The molecule has 0 unspecified atom stereocenters. The van der Waals surface area contributed by atoms with Gasteiger partial charge in [-0.25, -0.2) is 4.98 Å². The second kappa shape index (κ2) is 6.51. The van der Waals surface area contributed by atoms with Gasteiger partial charge >= 0.3 is 5.97 Å². The number of rotatable bonds is 3. The summed E-state index contributed by atoms with van der Waals surface area (Å²) < 4.78 is 6.65. The fraction of sp³-hybridized carbons (Fsp3) is 0.333. The highest BCUT2D eigenvalue weighted by atomic mass is 16.5. The number of piperidine rings is 1. The second-order valence-corrected chi connectivity index (χ2v) is 6.15. The van der Waals surface area contributed by atoms with Crippen LogP contribution in [-0.2, 0) is 9.53 Å². The molecule has 1 atom stereocenters. The number of carbonyl (C=O) groups excluding carboxylic acids is 1. The number of methoxy groups -OCH3 is 1. The number of anilines is 1. The summed E-state index contributed by atoms with van der Waals surface area (Å²) in [6.45, 7) is 1.47. The lowest BCUT2D eigenvalue weighted by molar-refractivity contribution is -0.145. The van der Waals surface area contributed by atoms with E-state index in [1.54, 1.807) is 4.52 Å². The summed E-state index contributed by atoms with van der Waals surface area (Å²) in [7, 11) is 1.44. The molecule has 7 heteroatoms. The Morgan fingerprint density at radius 2 is 2.12 bits per heavy atom. The zero-order chi connectivity index (χ0) is 17.2. The van der Waals surface area contributed by atoms with E-state index in [-0.39, 0.29) is 11.9 Å². The van der Waals surface area contributed by atoms with Gasteiger partial charge in [0, 0.05) is 24.7 Å². The fourth-order valence-corrected chi connectivity index (χ4v) is 3.32. The molecule has 3 aromatic rings. The Morgan fingerprint density at radius 3 is 2.92 bits per heavy atom. The van der Waals surface area contributed by atoms with E-state index >= 15 is 0 Å². The van der Waals surface area contributed by atoms with E-state index < -0.39 is 0 Å². The van der Waals surface area contributed by atoms with Crippen LogP contribution in [0, 0.1) is 5.92 Å².